The number of carbonyl (C=O) groups is 1. The maximum absolute atomic E-state index is 13.9. The molecule has 2 aliphatic rings. The molecule has 0 unspecified atom stereocenters. The van der Waals surface area contributed by atoms with E-state index >= 15 is 0 Å². The molecule has 0 saturated carbocycles. The molecule has 1 amide bonds. The SMILES string of the molecule is O=C(Nc1ccc2c(c1)Nc1ccccc1CC2)[C@@H]1C[C@H](Sc2ncccn2)CN1Cc1ccc(-c2ccccc2)cc1. The summed E-state index contributed by atoms with van der Waals surface area (Å²) in [6.45, 7) is 1.48. The summed E-state index contributed by atoms with van der Waals surface area (Å²) in [5, 5.41) is 7.81. The van der Waals surface area contributed by atoms with Crippen LogP contribution in [0.2, 0.25) is 0 Å². The van der Waals surface area contributed by atoms with Crippen molar-refractivity contribution in [2.75, 3.05) is 17.2 Å². The Morgan fingerprint density at radius 1 is 0.814 bits per heavy atom. The van der Waals surface area contributed by atoms with Crippen molar-refractivity contribution in [1.82, 2.24) is 14.9 Å². The summed E-state index contributed by atoms with van der Waals surface area (Å²) >= 11 is 1.65. The molecular weight excluding hydrogens is 550 g/mol. The van der Waals surface area contributed by atoms with Crippen LogP contribution in [-0.2, 0) is 24.2 Å². The molecule has 0 spiro atoms. The number of thioether (sulfide) groups is 1. The van der Waals surface area contributed by atoms with Crippen LogP contribution in [0.1, 0.15) is 23.1 Å². The third kappa shape index (κ3) is 6.33. The molecule has 214 valence electrons. The third-order valence-electron chi connectivity index (χ3n) is 8.26. The van der Waals surface area contributed by atoms with Crippen LogP contribution in [0.5, 0.6) is 0 Å². The van der Waals surface area contributed by atoms with Crippen molar-refractivity contribution in [3.05, 3.63) is 132 Å². The van der Waals surface area contributed by atoms with Crippen LogP contribution in [-0.4, -0.2) is 38.6 Å². The summed E-state index contributed by atoms with van der Waals surface area (Å²) in [5.41, 5.74) is 9.15. The minimum atomic E-state index is -0.262. The molecule has 7 rings (SSSR count). The highest BCUT2D eigenvalue weighted by Gasteiger charge is 2.37. The molecule has 2 atom stereocenters. The first-order valence-corrected chi connectivity index (χ1v) is 15.7. The Morgan fingerprint density at radius 2 is 1.53 bits per heavy atom. The van der Waals surface area contributed by atoms with E-state index in [0.717, 1.165) is 48.0 Å². The van der Waals surface area contributed by atoms with Gasteiger partial charge in [-0.2, -0.15) is 0 Å². The fraction of sp³-hybridized carbons (Fsp3) is 0.194. The number of hydrogen-bond acceptors (Lipinski definition) is 6. The van der Waals surface area contributed by atoms with E-state index in [9.17, 15) is 4.79 Å². The van der Waals surface area contributed by atoms with Crippen molar-refractivity contribution in [2.24, 2.45) is 0 Å². The van der Waals surface area contributed by atoms with Crippen molar-refractivity contribution in [2.45, 2.75) is 42.3 Å². The van der Waals surface area contributed by atoms with Gasteiger partial charge in [-0.25, -0.2) is 9.97 Å². The number of nitrogens with zero attached hydrogens (tertiary/aromatic N) is 3. The van der Waals surface area contributed by atoms with Crippen molar-refractivity contribution < 1.29 is 4.79 Å². The summed E-state index contributed by atoms with van der Waals surface area (Å²) in [6, 6.07) is 35.3. The van der Waals surface area contributed by atoms with Crippen LogP contribution in [0.15, 0.2) is 121 Å². The number of fused-ring (bicyclic) bond motifs is 2. The van der Waals surface area contributed by atoms with Crippen LogP contribution in [0.4, 0.5) is 17.1 Å². The average molecular weight is 584 g/mol. The Bertz CT molecular complexity index is 1710. The lowest BCUT2D eigenvalue weighted by Gasteiger charge is -2.24. The Morgan fingerprint density at radius 3 is 2.35 bits per heavy atom. The highest BCUT2D eigenvalue weighted by Crippen LogP contribution is 2.35. The lowest BCUT2D eigenvalue weighted by molar-refractivity contribution is -0.120. The smallest absolute Gasteiger partial charge is 0.241 e. The second kappa shape index (κ2) is 12.4. The highest BCUT2D eigenvalue weighted by atomic mass is 32.2. The second-order valence-electron chi connectivity index (χ2n) is 11.2. The van der Waals surface area contributed by atoms with Gasteiger partial charge in [0.1, 0.15) is 0 Å². The van der Waals surface area contributed by atoms with E-state index in [1.807, 2.05) is 18.2 Å². The van der Waals surface area contributed by atoms with E-state index in [2.05, 4.69) is 110 Å². The lowest BCUT2D eigenvalue weighted by Crippen LogP contribution is -2.39. The molecule has 1 aromatic heterocycles. The number of benzene rings is 4. The first-order chi connectivity index (χ1) is 21.2. The number of rotatable bonds is 7. The molecule has 2 aliphatic heterocycles. The predicted octanol–water partition coefficient (Wildman–Crippen LogP) is 7.36. The monoisotopic (exact) mass is 583 g/mol. The van der Waals surface area contributed by atoms with Gasteiger partial charge in [0.15, 0.2) is 5.16 Å². The van der Waals surface area contributed by atoms with E-state index < -0.39 is 0 Å². The van der Waals surface area contributed by atoms with Crippen LogP contribution >= 0.6 is 11.8 Å². The van der Waals surface area contributed by atoms with E-state index in [1.54, 1.807) is 24.2 Å². The maximum atomic E-state index is 13.9. The van der Waals surface area contributed by atoms with E-state index in [-0.39, 0.29) is 17.2 Å². The molecule has 1 saturated heterocycles. The predicted molar refractivity (Wildman–Crippen MR) is 175 cm³/mol. The minimum absolute atomic E-state index is 0.0203. The second-order valence-corrected chi connectivity index (χ2v) is 12.4. The number of aryl methyl sites for hydroxylation is 2. The number of para-hydroxylation sites is 1. The van der Waals surface area contributed by atoms with Gasteiger partial charge in [-0.1, -0.05) is 90.6 Å². The largest absolute Gasteiger partial charge is 0.355 e. The minimum Gasteiger partial charge on any atom is -0.355 e. The number of amides is 1. The normalized spacial score (nSPS) is 17.8. The molecule has 43 heavy (non-hydrogen) atoms. The van der Waals surface area contributed by atoms with Crippen molar-refractivity contribution in [3.63, 3.8) is 0 Å². The Balaban J connectivity index is 1.09. The van der Waals surface area contributed by atoms with Gasteiger partial charge in [0.2, 0.25) is 5.91 Å². The first-order valence-electron chi connectivity index (χ1n) is 14.8. The van der Waals surface area contributed by atoms with Gasteiger partial charge < -0.3 is 10.6 Å². The fourth-order valence-corrected chi connectivity index (χ4v) is 7.13. The van der Waals surface area contributed by atoms with E-state index in [0.29, 0.717) is 6.54 Å². The highest BCUT2D eigenvalue weighted by molar-refractivity contribution is 7.99. The molecule has 5 aromatic rings. The van der Waals surface area contributed by atoms with E-state index in [1.165, 1.54) is 27.8 Å². The first kappa shape index (κ1) is 27.4. The lowest BCUT2D eigenvalue weighted by atomic mass is 10.0. The Labute approximate surface area is 256 Å². The van der Waals surface area contributed by atoms with Crippen LogP contribution in [0, 0.1) is 0 Å². The number of likely N-dealkylation sites (tertiary alicyclic amines) is 1. The van der Waals surface area contributed by atoms with Crippen LogP contribution < -0.4 is 10.6 Å². The van der Waals surface area contributed by atoms with Crippen LogP contribution in [0.3, 0.4) is 0 Å². The van der Waals surface area contributed by atoms with Crippen molar-refractivity contribution in [3.8, 4) is 11.1 Å². The van der Waals surface area contributed by atoms with Gasteiger partial charge in [-0.05, 0) is 71.3 Å². The van der Waals surface area contributed by atoms with Crippen molar-refractivity contribution >= 4 is 34.7 Å². The molecule has 0 aliphatic carbocycles. The molecule has 7 heteroatoms. The molecular formula is C36H33N5OS. The van der Waals surface area contributed by atoms with E-state index in [4.69, 9.17) is 0 Å². The number of nitrogens with one attached hydrogen (secondary N) is 2. The van der Waals surface area contributed by atoms with Gasteiger partial charge in [0.25, 0.3) is 0 Å². The van der Waals surface area contributed by atoms with Crippen LogP contribution in [0.25, 0.3) is 11.1 Å². The maximum Gasteiger partial charge on any atom is 0.241 e. The van der Waals surface area contributed by atoms with Crippen molar-refractivity contribution in [1.29, 1.82) is 0 Å². The molecule has 6 nitrogen and oxygen atoms in total. The molecule has 0 bridgehead atoms. The zero-order valence-electron chi connectivity index (χ0n) is 23.8. The van der Waals surface area contributed by atoms with Gasteiger partial charge in [0, 0.05) is 47.8 Å². The summed E-state index contributed by atoms with van der Waals surface area (Å²) in [5.74, 6) is 0.0203. The standard InChI is InChI=1S/C36H33N5OS/c42-35(39-30-18-17-29-16-15-28-9-4-5-10-32(28)40-33(29)21-30)34-22-31(43-36-37-19-6-20-38-36)24-41(34)23-25-11-13-27(14-12-25)26-7-2-1-3-8-26/h1-14,17-21,31,34,40H,15-16,22-24H2,(H,39,42)/t31-,34-/m0/s1. The van der Waals surface area contributed by atoms with Gasteiger partial charge in [-0.3, -0.25) is 9.69 Å². The summed E-state index contributed by atoms with van der Waals surface area (Å²) in [7, 11) is 0. The number of aromatic nitrogens is 2. The number of carbonyl (C=O) groups excluding carboxylic acids is 1. The molecule has 4 aromatic carbocycles. The summed E-state index contributed by atoms with van der Waals surface area (Å²) in [4.78, 5) is 25.0. The molecule has 2 N–H and O–H groups in total. The van der Waals surface area contributed by atoms with Gasteiger partial charge in [0.05, 0.1) is 6.04 Å². The fourth-order valence-electron chi connectivity index (χ4n) is 6.05. The zero-order valence-corrected chi connectivity index (χ0v) is 24.6. The number of hydrogen-bond donors (Lipinski definition) is 2. The van der Waals surface area contributed by atoms with Gasteiger partial charge >= 0.3 is 0 Å². The summed E-state index contributed by atoms with van der Waals surface area (Å²) < 4.78 is 0. The molecule has 3 heterocycles. The topological polar surface area (TPSA) is 70.1 Å². The number of anilines is 3. The average Bonchev–Trinajstić information content (AvgIpc) is 3.34. The Kier molecular flexibility index (Phi) is 7.90. The van der Waals surface area contributed by atoms with Gasteiger partial charge in [-0.15, -0.1) is 0 Å². The third-order valence-corrected chi connectivity index (χ3v) is 9.35. The molecule has 0 radical (unpaired) electrons. The quantitative estimate of drug-likeness (QED) is 0.195. The summed E-state index contributed by atoms with van der Waals surface area (Å²) in [6.07, 6.45) is 6.23. The zero-order chi connectivity index (χ0) is 29.0. The Hall–Kier alpha value is -4.46. The molecule has 1 fully saturated rings.